The molecule has 100 valence electrons. The van der Waals surface area contributed by atoms with Crippen LogP contribution >= 0.6 is 0 Å². The second-order valence-corrected chi connectivity index (χ2v) is 4.99. The number of nitrogens with zero attached hydrogens (tertiary/aromatic N) is 2. The Hall–Kier alpha value is -2.54. The van der Waals surface area contributed by atoms with Gasteiger partial charge in [0.2, 0.25) is 0 Å². The van der Waals surface area contributed by atoms with Crippen molar-refractivity contribution >= 4 is 11.4 Å². The van der Waals surface area contributed by atoms with E-state index in [9.17, 15) is 4.39 Å². The van der Waals surface area contributed by atoms with Crippen molar-refractivity contribution in [3.05, 3.63) is 58.9 Å². The molecular weight excluding hydrogens is 253 g/mol. The first-order chi connectivity index (χ1) is 9.67. The summed E-state index contributed by atoms with van der Waals surface area (Å²) in [7, 11) is 0. The van der Waals surface area contributed by atoms with Crippen LogP contribution in [0, 0.1) is 17.1 Å². The van der Waals surface area contributed by atoms with E-state index < -0.39 is 0 Å². The molecule has 0 unspecified atom stereocenters. The smallest absolute Gasteiger partial charge is 0.124 e. The Labute approximate surface area is 117 Å². The topological polar surface area (TPSA) is 53.0 Å². The lowest BCUT2D eigenvalue weighted by Gasteiger charge is -2.21. The fourth-order valence-electron chi connectivity index (χ4n) is 2.75. The van der Waals surface area contributed by atoms with Crippen LogP contribution in [-0.2, 0) is 13.0 Å². The van der Waals surface area contributed by atoms with Crippen molar-refractivity contribution in [1.29, 1.82) is 5.26 Å². The SMILES string of the molecule is N#Cc1cc(F)cc(CN2CCc3cccc(N)c32)c1. The molecule has 3 nitrogen and oxygen atoms in total. The summed E-state index contributed by atoms with van der Waals surface area (Å²) < 4.78 is 13.5. The summed E-state index contributed by atoms with van der Waals surface area (Å²) in [6, 6.07) is 12.3. The summed E-state index contributed by atoms with van der Waals surface area (Å²) in [6.45, 7) is 1.43. The molecule has 0 spiro atoms. The summed E-state index contributed by atoms with van der Waals surface area (Å²) in [6.07, 6.45) is 0.945. The number of hydrogen-bond acceptors (Lipinski definition) is 3. The van der Waals surface area contributed by atoms with Crippen LogP contribution in [0.3, 0.4) is 0 Å². The summed E-state index contributed by atoms with van der Waals surface area (Å²) in [4.78, 5) is 2.14. The van der Waals surface area contributed by atoms with Crippen molar-refractivity contribution < 1.29 is 4.39 Å². The van der Waals surface area contributed by atoms with Gasteiger partial charge in [-0.25, -0.2) is 4.39 Å². The fourth-order valence-corrected chi connectivity index (χ4v) is 2.75. The minimum absolute atomic E-state index is 0.348. The van der Waals surface area contributed by atoms with Gasteiger partial charge in [-0.3, -0.25) is 0 Å². The quantitative estimate of drug-likeness (QED) is 0.851. The van der Waals surface area contributed by atoms with Crippen molar-refractivity contribution in [3.63, 3.8) is 0 Å². The van der Waals surface area contributed by atoms with Gasteiger partial charge in [-0.2, -0.15) is 5.26 Å². The van der Waals surface area contributed by atoms with Crippen molar-refractivity contribution in [1.82, 2.24) is 0 Å². The highest BCUT2D eigenvalue weighted by Crippen LogP contribution is 2.34. The highest BCUT2D eigenvalue weighted by molar-refractivity contribution is 5.74. The normalized spacial score (nSPS) is 13.1. The zero-order valence-corrected chi connectivity index (χ0v) is 10.9. The standard InChI is InChI=1S/C16H14FN3/c17-14-7-11(9-18)6-12(8-14)10-20-5-4-13-2-1-3-15(19)16(13)20/h1-3,6-8H,4-5,10,19H2. The van der Waals surface area contributed by atoms with Crippen LogP contribution in [0.2, 0.25) is 0 Å². The molecule has 0 fully saturated rings. The van der Waals surface area contributed by atoms with E-state index in [1.807, 2.05) is 18.2 Å². The molecular formula is C16H14FN3. The van der Waals surface area contributed by atoms with E-state index >= 15 is 0 Å². The van der Waals surface area contributed by atoms with E-state index in [1.165, 1.54) is 17.7 Å². The zero-order valence-electron chi connectivity index (χ0n) is 10.9. The Morgan fingerprint density at radius 1 is 1.30 bits per heavy atom. The molecule has 3 rings (SSSR count). The van der Waals surface area contributed by atoms with Gasteiger partial charge in [0.25, 0.3) is 0 Å². The van der Waals surface area contributed by atoms with E-state index in [-0.39, 0.29) is 5.82 Å². The molecule has 0 radical (unpaired) electrons. The van der Waals surface area contributed by atoms with Gasteiger partial charge in [-0.05, 0) is 41.8 Å². The van der Waals surface area contributed by atoms with Crippen LogP contribution < -0.4 is 10.6 Å². The molecule has 0 atom stereocenters. The van der Waals surface area contributed by atoms with E-state index in [1.54, 1.807) is 6.07 Å². The van der Waals surface area contributed by atoms with Crippen LogP contribution in [0.15, 0.2) is 36.4 Å². The van der Waals surface area contributed by atoms with Gasteiger partial charge in [0.1, 0.15) is 5.82 Å². The number of hydrogen-bond donors (Lipinski definition) is 1. The van der Waals surface area contributed by atoms with Crippen molar-refractivity contribution in [2.45, 2.75) is 13.0 Å². The molecule has 0 aliphatic carbocycles. The molecule has 0 saturated heterocycles. The monoisotopic (exact) mass is 267 g/mol. The molecule has 2 N–H and O–H groups in total. The summed E-state index contributed by atoms with van der Waals surface area (Å²) >= 11 is 0. The Morgan fingerprint density at radius 2 is 2.15 bits per heavy atom. The molecule has 0 amide bonds. The Balaban J connectivity index is 1.92. The van der Waals surface area contributed by atoms with E-state index in [2.05, 4.69) is 11.0 Å². The maximum Gasteiger partial charge on any atom is 0.124 e. The Bertz CT molecular complexity index is 703. The molecule has 2 aromatic rings. The lowest BCUT2D eigenvalue weighted by atomic mass is 10.1. The lowest BCUT2D eigenvalue weighted by molar-refractivity contribution is 0.624. The highest BCUT2D eigenvalue weighted by Gasteiger charge is 2.21. The molecule has 0 bridgehead atoms. The first-order valence-electron chi connectivity index (χ1n) is 6.49. The van der Waals surface area contributed by atoms with E-state index in [4.69, 9.17) is 11.0 Å². The molecule has 4 heteroatoms. The van der Waals surface area contributed by atoms with Gasteiger partial charge in [-0.1, -0.05) is 12.1 Å². The maximum atomic E-state index is 13.5. The number of halogens is 1. The summed E-state index contributed by atoms with van der Waals surface area (Å²) in [5.74, 6) is -0.375. The Kier molecular flexibility index (Phi) is 3.03. The number of nitrogens with two attached hydrogens (primary N) is 1. The predicted octanol–water partition coefficient (Wildman–Crippen LogP) is 2.84. The van der Waals surface area contributed by atoms with Gasteiger partial charge in [0.15, 0.2) is 0 Å². The highest BCUT2D eigenvalue weighted by atomic mass is 19.1. The van der Waals surface area contributed by atoms with Gasteiger partial charge in [0, 0.05) is 13.1 Å². The largest absolute Gasteiger partial charge is 0.397 e. The minimum Gasteiger partial charge on any atom is -0.397 e. The molecule has 1 heterocycles. The third-order valence-corrected chi connectivity index (χ3v) is 3.58. The third-order valence-electron chi connectivity index (χ3n) is 3.58. The number of nitriles is 1. The molecule has 1 aliphatic heterocycles. The van der Waals surface area contributed by atoms with Crippen LogP contribution in [0.4, 0.5) is 15.8 Å². The molecule has 1 aliphatic rings. The van der Waals surface area contributed by atoms with Crippen LogP contribution in [0.1, 0.15) is 16.7 Å². The van der Waals surface area contributed by atoms with Crippen LogP contribution in [-0.4, -0.2) is 6.54 Å². The molecule has 2 aromatic carbocycles. The number of nitrogen functional groups attached to an aromatic ring is 1. The van der Waals surface area contributed by atoms with E-state index in [0.29, 0.717) is 12.1 Å². The van der Waals surface area contributed by atoms with Crippen LogP contribution in [0.5, 0.6) is 0 Å². The molecule has 0 aromatic heterocycles. The van der Waals surface area contributed by atoms with Crippen molar-refractivity contribution in [3.8, 4) is 6.07 Å². The zero-order chi connectivity index (χ0) is 14.1. The molecule has 0 saturated carbocycles. The fraction of sp³-hybridized carbons (Fsp3) is 0.188. The van der Waals surface area contributed by atoms with E-state index in [0.717, 1.165) is 29.9 Å². The second kappa shape index (κ2) is 4.86. The summed E-state index contributed by atoms with van der Waals surface area (Å²) in [5, 5.41) is 8.90. The number of benzene rings is 2. The average Bonchev–Trinajstić information content (AvgIpc) is 2.82. The van der Waals surface area contributed by atoms with Crippen molar-refractivity contribution in [2.75, 3.05) is 17.2 Å². The first kappa shape index (κ1) is 12.5. The number of fused-ring (bicyclic) bond motifs is 1. The second-order valence-electron chi connectivity index (χ2n) is 4.99. The van der Waals surface area contributed by atoms with Gasteiger partial charge < -0.3 is 10.6 Å². The maximum absolute atomic E-state index is 13.5. The predicted molar refractivity (Wildman–Crippen MR) is 76.7 cm³/mol. The molecule has 20 heavy (non-hydrogen) atoms. The van der Waals surface area contributed by atoms with Gasteiger partial charge in [-0.15, -0.1) is 0 Å². The summed E-state index contributed by atoms with van der Waals surface area (Å²) in [5.41, 5.74) is 10.2. The number of para-hydroxylation sites is 1. The minimum atomic E-state index is -0.375. The third kappa shape index (κ3) is 2.19. The number of rotatable bonds is 2. The van der Waals surface area contributed by atoms with Gasteiger partial charge in [0.05, 0.1) is 23.0 Å². The van der Waals surface area contributed by atoms with Crippen molar-refractivity contribution in [2.24, 2.45) is 0 Å². The lowest BCUT2D eigenvalue weighted by Crippen LogP contribution is -2.20. The first-order valence-corrected chi connectivity index (χ1v) is 6.49. The Morgan fingerprint density at radius 3 is 2.95 bits per heavy atom. The average molecular weight is 267 g/mol. The number of anilines is 2. The van der Waals surface area contributed by atoms with Crippen LogP contribution in [0.25, 0.3) is 0 Å². The van der Waals surface area contributed by atoms with Gasteiger partial charge >= 0.3 is 0 Å².